The Morgan fingerprint density at radius 2 is 2.50 bits per heavy atom. The fourth-order valence-electron chi connectivity index (χ4n) is 1.10. The lowest BCUT2D eigenvalue weighted by Gasteiger charge is -1.94. The summed E-state index contributed by atoms with van der Waals surface area (Å²) in [6.45, 7) is 2.93. The third-order valence-electron chi connectivity index (χ3n) is 1.54. The molecule has 56 valence electrons. The van der Waals surface area contributed by atoms with Crippen molar-refractivity contribution in [3.05, 3.63) is 11.6 Å². The molecule has 1 saturated heterocycles. The van der Waals surface area contributed by atoms with Gasteiger partial charge >= 0.3 is 0 Å². The highest BCUT2D eigenvalue weighted by Crippen LogP contribution is 2.14. The molecule has 0 aliphatic carbocycles. The molecule has 0 unspecified atom stereocenters. The number of nitrogens with zero attached hydrogens (tertiary/aromatic N) is 1. The molecular weight excluding hydrogens is 126 g/mol. The summed E-state index contributed by atoms with van der Waals surface area (Å²) in [5, 5.41) is 0. The predicted octanol–water partition coefficient (Wildman–Crippen LogP) is 1.77. The summed E-state index contributed by atoms with van der Waals surface area (Å²) in [6.07, 6.45) is 4.27. The molecule has 1 aliphatic rings. The summed E-state index contributed by atoms with van der Waals surface area (Å²) in [5.41, 5.74) is 1.27. The minimum atomic E-state index is 0.804. The van der Waals surface area contributed by atoms with Crippen LogP contribution in [0.2, 0.25) is 0 Å². The van der Waals surface area contributed by atoms with Gasteiger partial charge in [-0.1, -0.05) is 13.0 Å². The summed E-state index contributed by atoms with van der Waals surface area (Å²) in [5.74, 6) is 0.835. The first-order valence-corrected chi connectivity index (χ1v) is 3.67. The summed E-state index contributed by atoms with van der Waals surface area (Å²) in [6, 6.07) is 0. The molecule has 0 bridgehead atoms. The number of hydrogen-bond acceptors (Lipinski definition) is 2. The second kappa shape index (κ2) is 3.40. The first-order chi connectivity index (χ1) is 4.88. The largest absolute Gasteiger partial charge is 0.477 e. The van der Waals surface area contributed by atoms with E-state index in [2.05, 4.69) is 18.0 Å². The van der Waals surface area contributed by atoms with E-state index in [0.29, 0.717) is 0 Å². The van der Waals surface area contributed by atoms with Crippen molar-refractivity contribution in [1.29, 1.82) is 0 Å². The first kappa shape index (κ1) is 7.32. The summed E-state index contributed by atoms with van der Waals surface area (Å²) in [7, 11) is 1.77. The molecule has 0 aromatic heterocycles. The zero-order valence-electron chi connectivity index (χ0n) is 6.55. The lowest BCUT2D eigenvalue weighted by molar-refractivity contribution is 0.343. The molecule has 1 rings (SSSR count). The van der Waals surface area contributed by atoms with Crippen molar-refractivity contribution in [2.24, 2.45) is 4.99 Å². The van der Waals surface area contributed by atoms with Crippen molar-refractivity contribution >= 4 is 5.90 Å². The van der Waals surface area contributed by atoms with Gasteiger partial charge in [0.25, 0.3) is 0 Å². The number of allylic oxidation sites excluding steroid dienone is 1. The molecule has 2 heteroatoms. The van der Waals surface area contributed by atoms with Crippen LogP contribution in [-0.2, 0) is 4.74 Å². The van der Waals surface area contributed by atoms with Crippen LogP contribution >= 0.6 is 0 Å². The van der Waals surface area contributed by atoms with Crippen molar-refractivity contribution in [1.82, 2.24) is 0 Å². The van der Waals surface area contributed by atoms with Gasteiger partial charge in [0.15, 0.2) is 0 Å². The molecule has 0 radical (unpaired) electrons. The van der Waals surface area contributed by atoms with E-state index in [-0.39, 0.29) is 0 Å². The van der Waals surface area contributed by atoms with Gasteiger partial charge in [-0.15, -0.1) is 0 Å². The Morgan fingerprint density at radius 1 is 1.70 bits per heavy atom. The average molecular weight is 139 g/mol. The number of rotatable bonds is 1. The van der Waals surface area contributed by atoms with E-state index in [1.807, 2.05) is 0 Å². The lowest BCUT2D eigenvalue weighted by Crippen LogP contribution is -1.95. The maximum atomic E-state index is 5.25. The molecule has 0 aromatic rings. The van der Waals surface area contributed by atoms with Gasteiger partial charge < -0.3 is 4.74 Å². The van der Waals surface area contributed by atoms with Gasteiger partial charge in [0, 0.05) is 19.0 Å². The lowest BCUT2D eigenvalue weighted by atomic mass is 10.2. The first-order valence-electron chi connectivity index (χ1n) is 3.67. The van der Waals surface area contributed by atoms with Crippen LogP contribution in [0.5, 0.6) is 0 Å². The van der Waals surface area contributed by atoms with Crippen LogP contribution in [0.4, 0.5) is 0 Å². The molecule has 0 spiro atoms. The molecular formula is C8H13NO. The number of aliphatic imine (C=N–C) groups is 1. The minimum Gasteiger partial charge on any atom is -0.477 e. The zero-order chi connectivity index (χ0) is 7.40. The topological polar surface area (TPSA) is 21.6 Å². The van der Waals surface area contributed by atoms with Crippen LogP contribution in [0.15, 0.2) is 16.6 Å². The van der Waals surface area contributed by atoms with Gasteiger partial charge in [-0.2, -0.15) is 0 Å². The average Bonchev–Trinajstić information content (AvgIpc) is 2.36. The monoisotopic (exact) mass is 139 g/mol. The maximum Gasteiger partial charge on any atom is 0.211 e. The van der Waals surface area contributed by atoms with E-state index in [9.17, 15) is 0 Å². The van der Waals surface area contributed by atoms with Crippen molar-refractivity contribution in [3.8, 4) is 0 Å². The summed E-state index contributed by atoms with van der Waals surface area (Å²) >= 11 is 0. The molecule has 1 heterocycles. The Balaban J connectivity index is 2.68. The normalized spacial score (nSPS) is 25.8. The quantitative estimate of drug-likeness (QED) is 0.542. The van der Waals surface area contributed by atoms with E-state index in [4.69, 9.17) is 4.74 Å². The van der Waals surface area contributed by atoms with Crippen molar-refractivity contribution in [2.75, 3.05) is 13.7 Å². The SMILES string of the molecule is CCC=C1CCOC1=NC. The predicted molar refractivity (Wildman–Crippen MR) is 42.3 cm³/mol. The van der Waals surface area contributed by atoms with E-state index in [0.717, 1.165) is 25.3 Å². The minimum absolute atomic E-state index is 0.804. The number of ether oxygens (including phenoxy) is 1. The summed E-state index contributed by atoms with van der Waals surface area (Å²) in [4.78, 5) is 4.01. The van der Waals surface area contributed by atoms with Gasteiger partial charge in [0.1, 0.15) is 0 Å². The van der Waals surface area contributed by atoms with Crippen LogP contribution in [0, 0.1) is 0 Å². The molecule has 0 aromatic carbocycles. The van der Waals surface area contributed by atoms with Crippen molar-refractivity contribution < 1.29 is 4.74 Å². The molecule has 0 N–H and O–H groups in total. The van der Waals surface area contributed by atoms with Gasteiger partial charge in [0.05, 0.1) is 6.61 Å². The molecule has 0 saturated carbocycles. The van der Waals surface area contributed by atoms with Crippen LogP contribution in [0.25, 0.3) is 0 Å². The Kier molecular flexibility index (Phi) is 2.49. The standard InChI is InChI=1S/C8H13NO/c1-3-4-7-5-6-10-8(7)9-2/h4H,3,5-6H2,1-2H3. The molecule has 1 fully saturated rings. The molecule has 2 nitrogen and oxygen atoms in total. The Morgan fingerprint density at radius 3 is 3.10 bits per heavy atom. The highest BCUT2D eigenvalue weighted by atomic mass is 16.5. The zero-order valence-corrected chi connectivity index (χ0v) is 6.55. The Labute approximate surface area is 61.6 Å². The fourth-order valence-corrected chi connectivity index (χ4v) is 1.10. The highest BCUT2D eigenvalue weighted by Gasteiger charge is 2.14. The van der Waals surface area contributed by atoms with Crippen LogP contribution in [-0.4, -0.2) is 19.6 Å². The van der Waals surface area contributed by atoms with Crippen LogP contribution in [0.3, 0.4) is 0 Å². The number of hydrogen-bond donors (Lipinski definition) is 0. The van der Waals surface area contributed by atoms with E-state index in [1.54, 1.807) is 7.05 Å². The van der Waals surface area contributed by atoms with Crippen LogP contribution < -0.4 is 0 Å². The molecule has 0 atom stereocenters. The van der Waals surface area contributed by atoms with E-state index >= 15 is 0 Å². The molecule has 0 amide bonds. The summed E-state index contributed by atoms with van der Waals surface area (Å²) < 4.78 is 5.25. The van der Waals surface area contributed by atoms with Crippen LogP contribution in [0.1, 0.15) is 19.8 Å². The highest BCUT2D eigenvalue weighted by molar-refractivity contribution is 5.95. The maximum absolute atomic E-state index is 5.25. The smallest absolute Gasteiger partial charge is 0.211 e. The van der Waals surface area contributed by atoms with Gasteiger partial charge in [-0.3, -0.25) is 4.99 Å². The second-order valence-electron chi connectivity index (χ2n) is 2.26. The second-order valence-corrected chi connectivity index (χ2v) is 2.26. The Bertz CT molecular complexity index is 170. The third kappa shape index (κ3) is 1.38. The van der Waals surface area contributed by atoms with Crippen molar-refractivity contribution in [3.63, 3.8) is 0 Å². The Hall–Kier alpha value is -0.790. The van der Waals surface area contributed by atoms with E-state index < -0.39 is 0 Å². The third-order valence-corrected chi connectivity index (χ3v) is 1.54. The van der Waals surface area contributed by atoms with Gasteiger partial charge in [-0.05, 0) is 6.42 Å². The molecule has 10 heavy (non-hydrogen) atoms. The van der Waals surface area contributed by atoms with Gasteiger partial charge in [-0.25, -0.2) is 0 Å². The van der Waals surface area contributed by atoms with Gasteiger partial charge in [0.2, 0.25) is 5.90 Å². The fraction of sp³-hybridized carbons (Fsp3) is 0.625. The van der Waals surface area contributed by atoms with E-state index in [1.165, 1.54) is 5.57 Å². The van der Waals surface area contributed by atoms with Crippen molar-refractivity contribution in [2.45, 2.75) is 19.8 Å². The molecule has 1 aliphatic heterocycles.